The minimum atomic E-state index is -4.54. The summed E-state index contributed by atoms with van der Waals surface area (Å²) in [4.78, 5) is 13.8. The number of nitrogens with one attached hydrogen (secondary N) is 1. The van der Waals surface area contributed by atoms with Crippen molar-refractivity contribution in [3.05, 3.63) is 60.8 Å². The summed E-state index contributed by atoms with van der Waals surface area (Å²) in [5, 5.41) is 5.52. The Morgan fingerprint density at radius 1 is 1.11 bits per heavy atom. The Morgan fingerprint density at radius 3 is 2.64 bits per heavy atom. The summed E-state index contributed by atoms with van der Waals surface area (Å²) in [5.74, 6) is 0. The fourth-order valence-electron chi connectivity index (χ4n) is 4.53. The lowest BCUT2D eigenvalue weighted by molar-refractivity contribution is -0.139. The van der Waals surface area contributed by atoms with E-state index in [1.165, 1.54) is 24.5 Å². The molecular formula is C24H26F3N7OS. The number of nitrogens with zero attached hydrogens (tertiary/aromatic N) is 6. The second-order valence-electron chi connectivity index (χ2n) is 8.71. The summed E-state index contributed by atoms with van der Waals surface area (Å²) in [5.41, 5.74) is 1.65. The lowest BCUT2D eigenvalue weighted by Gasteiger charge is -2.35. The van der Waals surface area contributed by atoms with E-state index in [9.17, 15) is 17.4 Å². The normalized spacial score (nSPS) is 17.4. The number of fused-ring (bicyclic) bond motifs is 1. The second-order valence-corrected chi connectivity index (χ2v) is 10.2. The topological polar surface area (TPSA) is 82.9 Å². The molecule has 4 aromatic rings. The Balaban J connectivity index is 1.24. The minimum Gasteiger partial charge on any atom is -0.346 e. The van der Waals surface area contributed by atoms with Crippen LogP contribution in [0, 0.1) is 0 Å². The van der Waals surface area contributed by atoms with Crippen molar-refractivity contribution in [1.82, 2.24) is 33.9 Å². The average molecular weight is 518 g/mol. The third-order valence-electron chi connectivity index (χ3n) is 6.49. The van der Waals surface area contributed by atoms with Crippen LogP contribution in [0.4, 0.5) is 13.2 Å². The van der Waals surface area contributed by atoms with E-state index in [-0.39, 0.29) is 10.9 Å². The highest BCUT2D eigenvalue weighted by Crippen LogP contribution is 2.34. The molecule has 2 atom stereocenters. The Hall–Kier alpha value is -3.09. The van der Waals surface area contributed by atoms with Crippen LogP contribution in [0.3, 0.4) is 0 Å². The number of hydrogen-bond donors (Lipinski definition) is 1. The molecule has 0 bridgehead atoms. The van der Waals surface area contributed by atoms with E-state index in [2.05, 4.69) is 31.9 Å². The van der Waals surface area contributed by atoms with E-state index in [1.54, 1.807) is 10.5 Å². The third kappa shape index (κ3) is 4.93. The summed E-state index contributed by atoms with van der Waals surface area (Å²) >= 11 is 0. The van der Waals surface area contributed by atoms with Crippen LogP contribution >= 0.6 is 0 Å². The van der Waals surface area contributed by atoms with E-state index >= 15 is 0 Å². The molecule has 1 fully saturated rings. The molecule has 36 heavy (non-hydrogen) atoms. The quantitative estimate of drug-likeness (QED) is 0.399. The van der Waals surface area contributed by atoms with E-state index in [0.29, 0.717) is 26.2 Å². The number of hydrogen-bond acceptors (Lipinski definition) is 5. The van der Waals surface area contributed by atoms with Gasteiger partial charge in [-0.3, -0.25) is 9.58 Å². The summed E-state index contributed by atoms with van der Waals surface area (Å²) in [7, 11) is -1.86. The maximum atomic E-state index is 13.4. The molecule has 12 heteroatoms. The Kier molecular flexibility index (Phi) is 6.91. The number of alkyl halides is 3. The molecule has 0 aliphatic carbocycles. The largest absolute Gasteiger partial charge is 0.417 e. The molecule has 8 nitrogen and oxygen atoms in total. The highest BCUT2D eigenvalue weighted by atomic mass is 32.2. The molecule has 3 aromatic heterocycles. The average Bonchev–Trinajstić information content (AvgIpc) is 3.57. The molecular weight excluding hydrogens is 491 g/mol. The first-order valence-electron chi connectivity index (χ1n) is 11.7. The Bertz CT molecular complexity index is 1360. The van der Waals surface area contributed by atoms with Crippen molar-refractivity contribution in [2.75, 3.05) is 32.7 Å². The van der Waals surface area contributed by atoms with Crippen LogP contribution in [-0.2, 0) is 17.2 Å². The SMILES string of the molecule is CCC(CN1CCN(S(=O)c2ccccc2C(F)(F)F)CC1)n1cc(-c2ncnc3[nH]ccc23)cn1. The van der Waals surface area contributed by atoms with E-state index in [1.807, 2.05) is 23.1 Å². The van der Waals surface area contributed by atoms with Crippen molar-refractivity contribution < 1.29 is 17.4 Å². The van der Waals surface area contributed by atoms with Gasteiger partial charge in [-0.2, -0.15) is 18.3 Å². The summed E-state index contributed by atoms with van der Waals surface area (Å²) in [6.07, 6.45) is 3.47. The van der Waals surface area contributed by atoms with E-state index in [4.69, 9.17) is 0 Å². The van der Waals surface area contributed by atoms with Crippen LogP contribution in [0.5, 0.6) is 0 Å². The number of rotatable bonds is 7. The van der Waals surface area contributed by atoms with Crippen LogP contribution in [0.15, 0.2) is 60.1 Å². The van der Waals surface area contributed by atoms with Gasteiger partial charge in [-0.15, -0.1) is 0 Å². The van der Waals surface area contributed by atoms with Gasteiger partial charge in [0.1, 0.15) is 23.0 Å². The predicted octanol–water partition coefficient (Wildman–Crippen LogP) is 4.13. The standard InChI is InChI=1S/C24H26F3N7OS/c1-2-18(34-14-17(13-31-34)22-19-7-8-28-23(19)30-16-29-22)15-32-9-11-33(12-10-32)36(35)21-6-4-3-5-20(21)24(25,26)27/h3-8,13-14,16,18H,2,9-12,15H2,1H3,(H,28,29,30). The molecule has 5 rings (SSSR count). The van der Waals surface area contributed by atoms with Crippen molar-refractivity contribution in [3.8, 4) is 11.3 Å². The van der Waals surface area contributed by atoms with Crippen LogP contribution in [0.1, 0.15) is 24.9 Å². The van der Waals surface area contributed by atoms with Gasteiger partial charge < -0.3 is 4.98 Å². The number of aromatic nitrogens is 5. The van der Waals surface area contributed by atoms with Crippen molar-refractivity contribution in [1.29, 1.82) is 0 Å². The van der Waals surface area contributed by atoms with Gasteiger partial charge in [0.05, 0.1) is 28.4 Å². The Morgan fingerprint density at radius 2 is 1.89 bits per heavy atom. The molecule has 0 saturated carbocycles. The van der Waals surface area contributed by atoms with Gasteiger partial charge in [-0.05, 0) is 24.6 Å². The number of aromatic amines is 1. The first-order valence-corrected chi connectivity index (χ1v) is 12.8. The highest BCUT2D eigenvalue weighted by molar-refractivity contribution is 7.82. The zero-order chi connectivity index (χ0) is 25.3. The highest BCUT2D eigenvalue weighted by Gasteiger charge is 2.36. The Labute approximate surface area is 208 Å². The van der Waals surface area contributed by atoms with Crippen LogP contribution in [-0.4, -0.2) is 70.9 Å². The lowest BCUT2D eigenvalue weighted by Crippen LogP contribution is -2.48. The summed E-state index contributed by atoms with van der Waals surface area (Å²) < 4.78 is 56.7. The van der Waals surface area contributed by atoms with Gasteiger partial charge in [-0.1, -0.05) is 19.1 Å². The number of H-pyrrole nitrogens is 1. The molecule has 4 heterocycles. The van der Waals surface area contributed by atoms with Crippen LogP contribution in [0.25, 0.3) is 22.3 Å². The van der Waals surface area contributed by atoms with Crippen molar-refractivity contribution >= 4 is 22.0 Å². The minimum absolute atomic E-state index is 0.116. The zero-order valence-corrected chi connectivity index (χ0v) is 20.5. The molecule has 1 aliphatic rings. The smallest absolute Gasteiger partial charge is 0.346 e. The number of piperazine rings is 1. The monoisotopic (exact) mass is 517 g/mol. The number of benzene rings is 1. The molecule has 2 unspecified atom stereocenters. The number of halogens is 3. The van der Waals surface area contributed by atoms with Gasteiger partial charge in [0, 0.05) is 56.1 Å². The summed E-state index contributed by atoms with van der Waals surface area (Å²) in [6, 6.07) is 7.15. The molecule has 1 saturated heterocycles. The van der Waals surface area contributed by atoms with Crippen molar-refractivity contribution in [2.45, 2.75) is 30.5 Å². The summed E-state index contributed by atoms with van der Waals surface area (Å²) in [6.45, 7) is 4.90. The lowest BCUT2D eigenvalue weighted by atomic mass is 10.1. The molecule has 0 spiro atoms. The first-order chi connectivity index (χ1) is 17.3. The van der Waals surface area contributed by atoms with Gasteiger partial charge in [-0.25, -0.2) is 18.5 Å². The van der Waals surface area contributed by atoms with Crippen LogP contribution in [0.2, 0.25) is 0 Å². The molecule has 190 valence electrons. The van der Waals surface area contributed by atoms with E-state index < -0.39 is 22.7 Å². The van der Waals surface area contributed by atoms with Crippen LogP contribution < -0.4 is 0 Å². The second kappa shape index (κ2) is 10.1. The third-order valence-corrected chi connectivity index (χ3v) is 8.06. The van der Waals surface area contributed by atoms with Gasteiger partial charge >= 0.3 is 6.18 Å². The molecule has 1 aliphatic heterocycles. The van der Waals surface area contributed by atoms with Gasteiger partial charge in [0.2, 0.25) is 0 Å². The van der Waals surface area contributed by atoms with Crippen molar-refractivity contribution in [3.63, 3.8) is 0 Å². The van der Waals surface area contributed by atoms with Gasteiger partial charge in [0.15, 0.2) is 0 Å². The molecule has 0 radical (unpaired) electrons. The van der Waals surface area contributed by atoms with Crippen molar-refractivity contribution in [2.24, 2.45) is 0 Å². The maximum Gasteiger partial charge on any atom is 0.417 e. The molecule has 1 aromatic carbocycles. The zero-order valence-electron chi connectivity index (χ0n) is 19.6. The van der Waals surface area contributed by atoms with E-state index in [0.717, 1.165) is 41.3 Å². The fraction of sp³-hybridized carbons (Fsp3) is 0.375. The fourth-order valence-corrected chi connectivity index (χ4v) is 5.87. The first kappa shape index (κ1) is 24.6. The molecule has 0 amide bonds. The maximum absolute atomic E-state index is 13.4. The van der Waals surface area contributed by atoms with Gasteiger partial charge in [0.25, 0.3) is 0 Å². The predicted molar refractivity (Wildman–Crippen MR) is 130 cm³/mol. The molecule has 1 N–H and O–H groups in total.